The van der Waals surface area contributed by atoms with Gasteiger partial charge in [-0.3, -0.25) is 0 Å². The van der Waals surface area contributed by atoms with Gasteiger partial charge < -0.3 is 5.32 Å². The monoisotopic (exact) mass is 263 g/mol. The molecule has 102 valence electrons. The van der Waals surface area contributed by atoms with Crippen LogP contribution >= 0.6 is 0 Å². The average molecular weight is 264 g/mol. The molecule has 2 heteroatoms. The van der Waals surface area contributed by atoms with E-state index in [1.54, 1.807) is 0 Å². The quantitative estimate of drug-likeness (QED) is 0.760. The van der Waals surface area contributed by atoms with Crippen molar-refractivity contribution in [3.05, 3.63) is 22.8 Å². The summed E-state index contributed by atoms with van der Waals surface area (Å²) in [5.41, 5.74) is 4.58. The summed E-state index contributed by atoms with van der Waals surface area (Å²) in [6, 6.07) is 0. The first kappa shape index (κ1) is 14.1. The molecule has 1 saturated carbocycles. The largest absolute Gasteiger partial charge is 0.302 e. The molecule has 0 bridgehead atoms. The van der Waals surface area contributed by atoms with Crippen LogP contribution in [0.5, 0.6) is 0 Å². The SMILES string of the molecule is CC1=CC(C)(NC2([SiH](C)C)CCCC2)C(C)=C1C. The molecule has 0 radical (unpaired) electrons. The summed E-state index contributed by atoms with van der Waals surface area (Å²) in [6.45, 7) is 14.2. The maximum Gasteiger partial charge on any atom is 0.0561 e. The van der Waals surface area contributed by atoms with Gasteiger partial charge >= 0.3 is 0 Å². The fourth-order valence-electron chi connectivity index (χ4n) is 3.83. The van der Waals surface area contributed by atoms with E-state index in [-0.39, 0.29) is 5.54 Å². The molecule has 0 heterocycles. The minimum atomic E-state index is -0.690. The first-order chi connectivity index (χ1) is 8.31. The van der Waals surface area contributed by atoms with Crippen molar-refractivity contribution in [1.29, 1.82) is 0 Å². The Morgan fingerprint density at radius 1 is 1.11 bits per heavy atom. The molecule has 18 heavy (non-hydrogen) atoms. The Labute approximate surface area is 114 Å². The Hall–Kier alpha value is -0.343. The van der Waals surface area contributed by atoms with Gasteiger partial charge in [0.05, 0.1) is 14.3 Å². The minimum absolute atomic E-state index is 0.107. The summed E-state index contributed by atoms with van der Waals surface area (Å²) >= 11 is 0. The molecule has 1 unspecified atom stereocenters. The van der Waals surface area contributed by atoms with Crippen molar-refractivity contribution >= 4 is 8.80 Å². The van der Waals surface area contributed by atoms with Crippen molar-refractivity contribution in [1.82, 2.24) is 5.32 Å². The molecule has 2 aliphatic carbocycles. The lowest BCUT2D eigenvalue weighted by Gasteiger charge is -2.42. The van der Waals surface area contributed by atoms with Crippen LogP contribution in [0, 0.1) is 0 Å². The van der Waals surface area contributed by atoms with Crippen LogP contribution in [0.3, 0.4) is 0 Å². The fraction of sp³-hybridized carbons (Fsp3) is 0.750. The Kier molecular flexibility index (Phi) is 3.63. The second kappa shape index (κ2) is 4.64. The van der Waals surface area contributed by atoms with Crippen LogP contribution in [0.4, 0.5) is 0 Å². The van der Waals surface area contributed by atoms with Crippen molar-refractivity contribution < 1.29 is 0 Å². The lowest BCUT2D eigenvalue weighted by atomic mass is 9.93. The minimum Gasteiger partial charge on any atom is -0.302 e. The summed E-state index contributed by atoms with van der Waals surface area (Å²) in [6.07, 6.45) is 8.07. The Bertz CT molecular complexity index is 399. The second-order valence-corrected chi connectivity index (χ2v) is 10.3. The third kappa shape index (κ3) is 2.14. The number of rotatable bonds is 3. The molecular weight excluding hydrogens is 234 g/mol. The van der Waals surface area contributed by atoms with Crippen LogP contribution in [0.15, 0.2) is 22.8 Å². The maximum atomic E-state index is 4.11. The van der Waals surface area contributed by atoms with Gasteiger partial charge in [-0.05, 0) is 51.7 Å². The molecule has 0 amide bonds. The van der Waals surface area contributed by atoms with Gasteiger partial charge in [-0.2, -0.15) is 0 Å². The van der Waals surface area contributed by atoms with E-state index in [0.29, 0.717) is 5.16 Å². The smallest absolute Gasteiger partial charge is 0.0561 e. The van der Waals surface area contributed by atoms with E-state index >= 15 is 0 Å². The van der Waals surface area contributed by atoms with Crippen molar-refractivity contribution in [3.8, 4) is 0 Å². The second-order valence-electron chi connectivity index (χ2n) is 6.92. The van der Waals surface area contributed by atoms with Crippen molar-refractivity contribution in [3.63, 3.8) is 0 Å². The number of hydrogen-bond donors (Lipinski definition) is 1. The van der Waals surface area contributed by atoms with Crippen LogP contribution in [0.1, 0.15) is 53.4 Å². The van der Waals surface area contributed by atoms with E-state index in [0.717, 1.165) is 0 Å². The molecular formula is C16H29NSi. The lowest BCUT2D eigenvalue weighted by Crippen LogP contribution is -2.60. The van der Waals surface area contributed by atoms with E-state index in [1.807, 2.05) is 0 Å². The molecule has 2 aliphatic rings. The van der Waals surface area contributed by atoms with Crippen LogP contribution in [-0.2, 0) is 0 Å². The van der Waals surface area contributed by atoms with Gasteiger partial charge in [0.2, 0.25) is 0 Å². The normalized spacial score (nSPS) is 31.4. The predicted octanol–water partition coefficient (Wildman–Crippen LogP) is 3.97. The highest BCUT2D eigenvalue weighted by atomic mass is 28.3. The maximum absolute atomic E-state index is 4.11. The van der Waals surface area contributed by atoms with Crippen molar-refractivity contribution in [2.24, 2.45) is 0 Å². The summed E-state index contributed by atoms with van der Waals surface area (Å²) in [4.78, 5) is 0. The number of nitrogens with one attached hydrogen (secondary N) is 1. The summed E-state index contributed by atoms with van der Waals surface area (Å²) < 4.78 is 0. The predicted molar refractivity (Wildman–Crippen MR) is 83.7 cm³/mol. The average Bonchev–Trinajstić information content (AvgIpc) is 2.82. The first-order valence-electron chi connectivity index (χ1n) is 7.48. The van der Waals surface area contributed by atoms with E-state index in [1.165, 1.54) is 42.4 Å². The van der Waals surface area contributed by atoms with E-state index in [2.05, 4.69) is 52.2 Å². The zero-order valence-electron chi connectivity index (χ0n) is 13.0. The van der Waals surface area contributed by atoms with Crippen LogP contribution < -0.4 is 5.32 Å². The van der Waals surface area contributed by atoms with Gasteiger partial charge in [0.25, 0.3) is 0 Å². The van der Waals surface area contributed by atoms with E-state index < -0.39 is 8.80 Å². The summed E-state index contributed by atoms with van der Waals surface area (Å²) in [7, 11) is -0.690. The highest BCUT2D eigenvalue weighted by molar-refractivity contribution is 6.59. The number of hydrogen-bond acceptors (Lipinski definition) is 1. The molecule has 1 nitrogen and oxygen atoms in total. The number of allylic oxidation sites excluding steroid dienone is 2. The molecule has 1 atom stereocenters. The van der Waals surface area contributed by atoms with E-state index in [9.17, 15) is 0 Å². The molecule has 2 rings (SSSR count). The molecule has 0 saturated heterocycles. The Balaban J connectivity index is 2.29. The summed E-state index contributed by atoms with van der Waals surface area (Å²) in [5.74, 6) is 0. The van der Waals surface area contributed by atoms with Gasteiger partial charge in [-0.1, -0.05) is 37.6 Å². The van der Waals surface area contributed by atoms with Gasteiger partial charge in [0.15, 0.2) is 0 Å². The van der Waals surface area contributed by atoms with Gasteiger partial charge in [-0.25, -0.2) is 0 Å². The molecule has 1 N–H and O–H groups in total. The first-order valence-corrected chi connectivity index (χ1v) is 10.4. The van der Waals surface area contributed by atoms with Gasteiger partial charge in [0, 0.05) is 5.16 Å². The highest BCUT2D eigenvalue weighted by Crippen LogP contribution is 2.40. The Morgan fingerprint density at radius 3 is 2.06 bits per heavy atom. The highest BCUT2D eigenvalue weighted by Gasteiger charge is 2.43. The standard InChI is InChI=1S/C16H29NSi/c1-12-11-15(4,14(3)13(12)2)17-16(18(5)6)9-7-8-10-16/h11,17-18H,7-10H2,1-6H3. The summed E-state index contributed by atoms with van der Waals surface area (Å²) in [5, 5.41) is 4.59. The molecule has 0 aliphatic heterocycles. The molecule has 0 aromatic carbocycles. The third-order valence-corrected chi connectivity index (χ3v) is 8.48. The van der Waals surface area contributed by atoms with Gasteiger partial charge in [-0.15, -0.1) is 0 Å². The van der Waals surface area contributed by atoms with Crippen LogP contribution in [0.25, 0.3) is 0 Å². The van der Waals surface area contributed by atoms with Crippen LogP contribution in [-0.4, -0.2) is 19.5 Å². The third-order valence-electron chi connectivity index (χ3n) is 5.55. The van der Waals surface area contributed by atoms with Gasteiger partial charge in [0.1, 0.15) is 0 Å². The fourth-order valence-corrected chi connectivity index (χ4v) is 5.99. The molecule has 0 spiro atoms. The lowest BCUT2D eigenvalue weighted by molar-refractivity contribution is 0.366. The van der Waals surface area contributed by atoms with Crippen molar-refractivity contribution in [2.45, 2.75) is 77.2 Å². The zero-order chi connectivity index (χ0) is 13.6. The van der Waals surface area contributed by atoms with Crippen LogP contribution in [0.2, 0.25) is 13.1 Å². The molecule has 0 aromatic rings. The van der Waals surface area contributed by atoms with E-state index in [4.69, 9.17) is 0 Å². The van der Waals surface area contributed by atoms with Crippen molar-refractivity contribution in [2.75, 3.05) is 0 Å². The zero-order valence-corrected chi connectivity index (χ0v) is 14.1. The molecule has 1 fully saturated rings. The topological polar surface area (TPSA) is 12.0 Å². The molecule has 0 aromatic heterocycles. The Morgan fingerprint density at radius 2 is 1.67 bits per heavy atom.